The molecule has 2 heterocycles. The van der Waals surface area contributed by atoms with Gasteiger partial charge in [0.25, 0.3) is 0 Å². The highest BCUT2D eigenvalue weighted by molar-refractivity contribution is 5.63. The van der Waals surface area contributed by atoms with Crippen LogP contribution in [0.15, 0.2) is 48.8 Å². The van der Waals surface area contributed by atoms with Crippen LogP contribution in [-0.2, 0) is 0 Å². The molecule has 0 fully saturated rings. The Bertz CT molecular complexity index is 766. The lowest BCUT2D eigenvalue weighted by atomic mass is 10.2. The average Bonchev–Trinajstić information content (AvgIpc) is 2.90. The average molecular weight is 249 g/mol. The summed E-state index contributed by atoms with van der Waals surface area (Å²) in [5, 5.41) is 8.88. The molecule has 0 aliphatic rings. The lowest BCUT2D eigenvalue weighted by molar-refractivity contribution is 0.415. The molecule has 3 aromatic rings. The molecule has 1 aromatic carbocycles. The van der Waals surface area contributed by atoms with E-state index in [0.717, 1.165) is 22.7 Å². The summed E-state index contributed by atoms with van der Waals surface area (Å²) in [5.74, 6) is 0.819. The molecule has 0 bridgehead atoms. The molecular formula is C15H11N3O. The Morgan fingerprint density at radius 2 is 1.89 bits per heavy atom. The maximum Gasteiger partial charge on any atom is 0.137 e. The molecule has 0 atom stereocenters. The number of methoxy groups -OCH3 is 1. The van der Waals surface area contributed by atoms with E-state index >= 15 is 0 Å². The van der Waals surface area contributed by atoms with Gasteiger partial charge in [-0.15, -0.1) is 0 Å². The van der Waals surface area contributed by atoms with Crippen molar-refractivity contribution in [1.29, 1.82) is 5.26 Å². The van der Waals surface area contributed by atoms with Crippen LogP contribution in [0.3, 0.4) is 0 Å². The normalized spacial score (nSPS) is 10.3. The van der Waals surface area contributed by atoms with Crippen molar-refractivity contribution in [2.75, 3.05) is 7.11 Å². The third-order valence-corrected chi connectivity index (χ3v) is 2.97. The SMILES string of the molecule is COc1ccc(-c2cn3cc(C#N)ccc3n2)cc1. The van der Waals surface area contributed by atoms with Crippen LogP contribution in [0.4, 0.5) is 0 Å². The molecule has 4 heteroatoms. The fourth-order valence-electron chi connectivity index (χ4n) is 1.96. The molecule has 0 spiro atoms. The summed E-state index contributed by atoms with van der Waals surface area (Å²) < 4.78 is 6.99. The smallest absolute Gasteiger partial charge is 0.137 e. The van der Waals surface area contributed by atoms with Gasteiger partial charge in [0.05, 0.1) is 18.4 Å². The zero-order valence-corrected chi connectivity index (χ0v) is 10.4. The van der Waals surface area contributed by atoms with Gasteiger partial charge in [0.1, 0.15) is 17.5 Å². The van der Waals surface area contributed by atoms with Gasteiger partial charge in [-0.3, -0.25) is 0 Å². The van der Waals surface area contributed by atoms with Gasteiger partial charge in [-0.1, -0.05) is 0 Å². The predicted molar refractivity (Wildman–Crippen MR) is 71.9 cm³/mol. The zero-order valence-electron chi connectivity index (χ0n) is 10.4. The molecule has 2 aromatic heterocycles. The van der Waals surface area contributed by atoms with Crippen molar-refractivity contribution in [2.24, 2.45) is 0 Å². The number of hydrogen-bond acceptors (Lipinski definition) is 3. The van der Waals surface area contributed by atoms with Crippen molar-refractivity contribution in [3.63, 3.8) is 0 Å². The van der Waals surface area contributed by atoms with E-state index in [9.17, 15) is 0 Å². The number of aromatic nitrogens is 2. The van der Waals surface area contributed by atoms with Gasteiger partial charge in [-0.2, -0.15) is 5.26 Å². The first kappa shape index (κ1) is 11.3. The first-order valence-corrected chi connectivity index (χ1v) is 5.83. The summed E-state index contributed by atoms with van der Waals surface area (Å²) in [6, 6.07) is 13.5. The highest BCUT2D eigenvalue weighted by Gasteiger charge is 2.05. The van der Waals surface area contributed by atoms with Crippen molar-refractivity contribution in [3.05, 3.63) is 54.4 Å². The number of ether oxygens (including phenoxy) is 1. The predicted octanol–water partition coefficient (Wildman–Crippen LogP) is 2.88. The molecule has 0 aliphatic heterocycles. The highest BCUT2D eigenvalue weighted by Crippen LogP contribution is 2.22. The molecule has 0 aliphatic carbocycles. The van der Waals surface area contributed by atoms with Crippen molar-refractivity contribution < 1.29 is 4.74 Å². The Morgan fingerprint density at radius 3 is 2.58 bits per heavy atom. The quantitative estimate of drug-likeness (QED) is 0.701. The third kappa shape index (κ3) is 2.02. The summed E-state index contributed by atoms with van der Waals surface area (Å²) >= 11 is 0. The molecule has 0 N–H and O–H groups in total. The van der Waals surface area contributed by atoms with E-state index in [1.54, 1.807) is 19.4 Å². The number of rotatable bonds is 2. The van der Waals surface area contributed by atoms with E-state index in [1.165, 1.54) is 0 Å². The van der Waals surface area contributed by atoms with Crippen molar-refractivity contribution in [1.82, 2.24) is 9.38 Å². The van der Waals surface area contributed by atoms with Crippen LogP contribution in [0.1, 0.15) is 5.56 Å². The van der Waals surface area contributed by atoms with Crippen molar-refractivity contribution in [2.45, 2.75) is 0 Å². The van der Waals surface area contributed by atoms with Crippen LogP contribution in [0.25, 0.3) is 16.9 Å². The first-order valence-electron chi connectivity index (χ1n) is 5.83. The summed E-state index contributed by atoms with van der Waals surface area (Å²) in [5.41, 5.74) is 3.33. The van der Waals surface area contributed by atoms with Crippen LogP contribution in [-0.4, -0.2) is 16.5 Å². The van der Waals surface area contributed by atoms with E-state index in [1.807, 2.05) is 40.9 Å². The van der Waals surface area contributed by atoms with Crippen LogP contribution < -0.4 is 4.74 Å². The Morgan fingerprint density at radius 1 is 1.11 bits per heavy atom. The molecule has 0 amide bonds. The Kier molecular flexibility index (Phi) is 2.66. The molecule has 0 saturated carbocycles. The molecule has 0 saturated heterocycles. The summed E-state index contributed by atoms with van der Waals surface area (Å²) in [6.07, 6.45) is 3.69. The van der Waals surface area contributed by atoms with Gasteiger partial charge >= 0.3 is 0 Å². The van der Waals surface area contributed by atoms with E-state index in [-0.39, 0.29) is 0 Å². The van der Waals surface area contributed by atoms with E-state index in [0.29, 0.717) is 5.56 Å². The van der Waals surface area contributed by atoms with Gasteiger partial charge in [-0.25, -0.2) is 4.98 Å². The van der Waals surface area contributed by atoms with Crippen LogP contribution in [0.5, 0.6) is 5.75 Å². The second-order valence-electron chi connectivity index (χ2n) is 4.15. The Hall–Kier alpha value is -2.80. The third-order valence-electron chi connectivity index (χ3n) is 2.97. The molecule has 19 heavy (non-hydrogen) atoms. The first-order chi connectivity index (χ1) is 9.30. The van der Waals surface area contributed by atoms with Crippen molar-refractivity contribution >= 4 is 5.65 Å². The second kappa shape index (κ2) is 4.46. The van der Waals surface area contributed by atoms with Crippen LogP contribution in [0, 0.1) is 11.3 Å². The van der Waals surface area contributed by atoms with E-state index in [4.69, 9.17) is 10.00 Å². The zero-order chi connectivity index (χ0) is 13.2. The summed E-state index contributed by atoms with van der Waals surface area (Å²) in [4.78, 5) is 4.53. The number of nitriles is 1. The van der Waals surface area contributed by atoms with Gasteiger partial charge in [0.2, 0.25) is 0 Å². The number of pyridine rings is 1. The topological polar surface area (TPSA) is 50.3 Å². The summed E-state index contributed by atoms with van der Waals surface area (Å²) in [7, 11) is 1.64. The second-order valence-corrected chi connectivity index (χ2v) is 4.15. The van der Waals surface area contributed by atoms with Gasteiger partial charge < -0.3 is 9.14 Å². The summed E-state index contributed by atoms with van der Waals surface area (Å²) in [6.45, 7) is 0. The molecule has 3 rings (SSSR count). The van der Waals surface area contributed by atoms with Crippen LogP contribution >= 0.6 is 0 Å². The number of imidazole rings is 1. The minimum atomic E-state index is 0.617. The fourth-order valence-corrected chi connectivity index (χ4v) is 1.96. The number of nitrogens with zero attached hydrogens (tertiary/aromatic N) is 3. The van der Waals surface area contributed by atoms with E-state index in [2.05, 4.69) is 11.1 Å². The van der Waals surface area contributed by atoms with Crippen LogP contribution in [0.2, 0.25) is 0 Å². The maximum atomic E-state index is 8.88. The molecule has 0 unspecified atom stereocenters. The largest absolute Gasteiger partial charge is 0.497 e. The lowest BCUT2D eigenvalue weighted by Gasteiger charge is -1.99. The number of fused-ring (bicyclic) bond motifs is 1. The lowest BCUT2D eigenvalue weighted by Crippen LogP contribution is -1.83. The highest BCUT2D eigenvalue weighted by atomic mass is 16.5. The molecular weight excluding hydrogens is 238 g/mol. The fraction of sp³-hybridized carbons (Fsp3) is 0.0667. The van der Waals surface area contributed by atoms with Crippen molar-refractivity contribution in [3.8, 4) is 23.1 Å². The standard InChI is InChI=1S/C15H11N3O/c1-19-13-5-3-12(4-6-13)14-10-18-9-11(8-16)2-7-15(18)17-14/h2-7,9-10H,1H3. The van der Waals surface area contributed by atoms with Gasteiger partial charge in [-0.05, 0) is 36.4 Å². The number of benzene rings is 1. The van der Waals surface area contributed by atoms with E-state index < -0.39 is 0 Å². The molecule has 0 radical (unpaired) electrons. The minimum Gasteiger partial charge on any atom is -0.497 e. The Labute approximate surface area is 110 Å². The Balaban J connectivity index is 2.07. The monoisotopic (exact) mass is 249 g/mol. The molecule has 92 valence electrons. The number of hydrogen-bond donors (Lipinski definition) is 0. The maximum absolute atomic E-state index is 8.88. The van der Waals surface area contributed by atoms with Gasteiger partial charge in [0, 0.05) is 18.0 Å². The molecule has 4 nitrogen and oxygen atoms in total. The van der Waals surface area contributed by atoms with Gasteiger partial charge in [0.15, 0.2) is 0 Å². The minimum absolute atomic E-state index is 0.617.